The highest BCUT2D eigenvalue weighted by Crippen LogP contribution is 2.45. The van der Waals surface area contributed by atoms with Crippen LogP contribution in [0.1, 0.15) is 29.7 Å². The molecule has 2 aliphatic rings. The highest BCUT2D eigenvalue weighted by Gasteiger charge is 2.48. The molecule has 3 aromatic carbocycles. The van der Waals surface area contributed by atoms with Gasteiger partial charge in [0, 0.05) is 12.0 Å². The lowest BCUT2D eigenvalue weighted by atomic mass is 9.94. The molecule has 37 heavy (non-hydrogen) atoms. The maximum atomic E-state index is 13.8. The zero-order chi connectivity index (χ0) is 25.8. The first-order valence-corrected chi connectivity index (χ1v) is 12.5. The van der Waals surface area contributed by atoms with Crippen molar-refractivity contribution >= 4 is 44.1 Å². The number of methoxy groups -OCH3 is 1. The van der Waals surface area contributed by atoms with Crippen molar-refractivity contribution in [1.82, 2.24) is 4.98 Å². The van der Waals surface area contributed by atoms with E-state index in [0.717, 1.165) is 16.0 Å². The Balaban J connectivity index is 1.52. The van der Waals surface area contributed by atoms with Gasteiger partial charge in [0.1, 0.15) is 29.2 Å². The van der Waals surface area contributed by atoms with Crippen molar-refractivity contribution in [3.05, 3.63) is 88.7 Å². The molecule has 9 heteroatoms. The number of carbonyl (C=O) groups excluding carboxylic acids is 2. The minimum Gasteiger partial charge on any atom is -0.507 e. The van der Waals surface area contributed by atoms with E-state index < -0.39 is 23.5 Å². The van der Waals surface area contributed by atoms with Gasteiger partial charge in [-0.2, -0.15) is 0 Å². The van der Waals surface area contributed by atoms with E-state index in [1.165, 1.54) is 40.5 Å². The minimum atomic E-state index is -0.994. The first-order chi connectivity index (χ1) is 17.8. The van der Waals surface area contributed by atoms with Crippen LogP contribution in [0.2, 0.25) is 0 Å². The number of nitrogens with zero attached hydrogens (tertiary/aromatic N) is 2. The van der Waals surface area contributed by atoms with Crippen LogP contribution in [0.25, 0.3) is 16.0 Å². The van der Waals surface area contributed by atoms with E-state index in [-0.39, 0.29) is 22.6 Å². The van der Waals surface area contributed by atoms with Crippen molar-refractivity contribution in [2.24, 2.45) is 0 Å². The molecular weight excluding hydrogens is 495 g/mol. The van der Waals surface area contributed by atoms with Crippen molar-refractivity contribution in [3.8, 4) is 11.5 Å². The predicted molar refractivity (Wildman–Crippen MR) is 138 cm³/mol. The molecule has 2 unspecified atom stereocenters. The SMILES string of the molecule is COc1ccc2nc(N3C(=O)C(=O)/C(=C(/O)c4ccc5c(c4)CC(C)O5)C3c3ccc(F)cc3)sc2c1. The molecule has 1 amide bonds. The van der Waals surface area contributed by atoms with Gasteiger partial charge in [-0.25, -0.2) is 9.37 Å². The van der Waals surface area contributed by atoms with Gasteiger partial charge in [0.05, 0.1) is 28.9 Å². The third-order valence-corrected chi connectivity index (χ3v) is 7.61. The second-order valence-electron chi connectivity index (χ2n) is 9.01. The largest absolute Gasteiger partial charge is 0.507 e. The van der Waals surface area contributed by atoms with Gasteiger partial charge in [-0.05, 0) is 66.6 Å². The fourth-order valence-electron chi connectivity index (χ4n) is 4.84. The van der Waals surface area contributed by atoms with Crippen molar-refractivity contribution in [3.63, 3.8) is 0 Å². The Kier molecular flexibility index (Phi) is 5.45. The number of aromatic nitrogens is 1. The molecule has 4 aromatic rings. The number of Topliss-reactive ketones (excluding diaryl/α,β-unsaturated/α-hetero) is 1. The van der Waals surface area contributed by atoms with Gasteiger partial charge < -0.3 is 14.6 Å². The molecule has 6 rings (SSSR count). The number of benzene rings is 3. The molecule has 3 heterocycles. The Hall–Kier alpha value is -4.24. The summed E-state index contributed by atoms with van der Waals surface area (Å²) in [5.41, 5.74) is 2.32. The number of carbonyl (C=O) groups is 2. The number of ether oxygens (including phenoxy) is 2. The second kappa shape index (κ2) is 8.70. The third kappa shape index (κ3) is 3.82. The lowest BCUT2D eigenvalue weighted by Gasteiger charge is -2.23. The van der Waals surface area contributed by atoms with Crippen LogP contribution in [-0.2, 0) is 16.0 Å². The zero-order valence-corrected chi connectivity index (χ0v) is 20.7. The number of hydrogen-bond acceptors (Lipinski definition) is 7. The zero-order valence-electron chi connectivity index (χ0n) is 19.9. The number of fused-ring (bicyclic) bond motifs is 2. The molecule has 0 spiro atoms. The number of thiazole rings is 1. The molecule has 0 bridgehead atoms. The lowest BCUT2D eigenvalue weighted by molar-refractivity contribution is -0.132. The van der Waals surface area contributed by atoms with Crippen LogP contribution >= 0.6 is 11.3 Å². The summed E-state index contributed by atoms with van der Waals surface area (Å²) in [7, 11) is 1.56. The molecule has 0 aliphatic carbocycles. The maximum absolute atomic E-state index is 13.8. The molecule has 1 N–H and O–H groups in total. The summed E-state index contributed by atoms with van der Waals surface area (Å²) in [6.07, 6.45) is 0.677. The highest BCUT2D eigenvalue weighted by molar-refractivity contribution is 7.22. The Bertz CT molecular complexity index is 1610. The van der Waals surface area contributed by atoms with Crippen molar-refractivity contribution in [1.29, 1.82) is 0 Å². The van der Waals surface area contributed by atoms with Crippen LogP contribution in [-0.4, -0.2) is 35.0 Å². The molecule has 1 saturated heterocycles. The van der Waals surface area contributed by atoms with Crippen molar-refractivity contribution in [2.45, 2.75) is 25.5 Å². The van der Waals surface area contributed by atoms with Crippen LogP contribution in [0.3, 0.4) is 0 Å². The number of aliphatic hydroxyl groups excluding tert-OH is 1. The minimum absolute atomic E-state index is 0.00912. The summed E-state index contributed by atoms with van der Waals surface area (Å²) in [5.74, 6) is -1.06. The van der Waals surface area contributed by atoms with Crippen LogP contribution < -0.4 is 14.4 Å². The van der Waals surface area contributed by atoms with Gasteiger partial charge in [-0.3, -0.25) is 14.5 Å². The Morgan fingerprint density at radius 3 is 2.68 bits per heavy atom. The third-order valence-electron chi connectivity index (χ3n) is 6.59. The molecule has 2 atom stereocenters. The van der Waals surface area contributed by atoms with Crippen molar-refractivity contribution < 1.29 is 28.6 Å². The average Bonchev–Trinajstić information content (AvgIpc) is 3.55. The molecule has 0 radical (unpaired) electrons. The van der Waals surface area contributed by atoms with Gasteiger partial charge in [0.15, 0.2) is 5.13 Å². The van der Waals surface area contributed by atoms with Crippen LogP contribution in [0, 0.1) is 5.82 Å². The quantitative estimate of drug-likeness (QED) is 0.222. The Labute approximate surface area is 215 Å². The summed E-state index contributed by atoms with van der Waals surface area (Å²) < 4.78 is 25.6. The average molecular weight is 517 g/mol. The molecule has 1 fully saturated rings. The number of rotatable bonds is 4. The van der Waals surface area contributed by atoms with E-state index in [2.05, 4.69) is 4.98 Å². The van der Waals surface area contributed by atoms with Crippen LogP contribution in [0.15, 0.2) is 66.2 Å². The monoisotopic (exact) mass is 516 g/mol. The van der Waals surface area contributed by atoms with Crippen LogP contribution in [0.5, 0.6) is 11.5 Å². The maximum Gasteiger partial charge on any atom is 0.301 e. The fourth-order valence-corrected chi connectivity index (χ4v) is 5.86. The molecule has 2 aliphatic heterocycles. The number of anilines is 1. The van der Waals surface area contributed by atoms with E-state index in [0.29, 0.717) is 28.8 Å². The number of ketones is 1. The molecular formula is C28H21FN2O5S. The summed E-state index contributed by atoms with van der Waals surface area (Å²) in [5, 5.41) is 11.7. The summed E-state index contributed by atoms with van der Waals surface area (Å²) in [6.45, 7) is 1.95. The Morgan fingerprint density at radius 1 is 1.14 bits per heavy atom. The number of amides is 1. The number of halogens is 1. The van der Waals surface area contributed by atoms with E-state index in [9.17, 15) is 19.1 Å². The van der Waals surface area contributed by atoms with Gasteiger partial charge in [0.25, 0.3) is 5.78 Å². The topological polar surface area (TPSA) is 89.0 Å². The first kappa shape index (κ1) is 23.2. The number of hydrogen-bond donors (Lipinski definition) is 1. The van der Waals surface area contributed by atoms with Gasteiger partial charge in [-0.15, -0.1) is 0 Å². The van der Waals surface area contributed by atoms with Crippen molar-refractivity contribution in [2.75, 3.05) is 12.0 Å². The lowest BCUT2D eigenvalue weighted by Crippen LogP contribution is -2.29. The standard InChI is InChI=1S/C28H21FN2O5S/c1-14-11-17-12-16(5-10-21(17)36-14)25(32)23-24(15-3-6-18(29)7-4-15)31(27(34)26(23)33)28-30-20-9-8-19(35-2)13-22(20)37-28/h3-10,12-14,24,32H,11H2,1-2H3/b25-23+. The molecule has 1 aromatic heterocycles. The van der Waals surface area contributed by atoms with E-state index >= 15 is 0 Å². The van der Waals surface area contributed by atoms with Crippen LogP contribution in [0.4, 0.5) is 9.52 Å². The van der Waals surface area contributed by atoms with E-state index in [1.807, 2.05) is 6.92 Å². The molecule has 0 saturated carbocycles. The Morgan fingerprint density at radius 2 is 1.92 bits per heavy atom. The molecule has 7 nitrogen and oxygen atoms in total. The fraction of sp³-hybridized carbons (Fsp3) is 0.179. The van der Waals surface area contributed by atoms with Gasteiger partial charge in [0.2, 0.25) is 0 Å². The normalized spacial score (nSPS) is 20.4. The van der Waals surface area contributed by atoms with Gasteiger partial charge in [-0.1, -0.05) is 23.5 Å². The summed E-state index contributed by atoms with van der Waals surface area (Å²) >= 11 is 1.22. The van der Waals surface area contributed by atoms with Gasteiger partial charge >= 0.3 is 5.91 Å². The first-order valence-electron chi connectivity index (χ1n) is 11.6. The van der Waals surface area contributed by atoms with E-state index in [4.69, 9.17) is 9.47 Å². The number of aliphatic hydroxyl groups is 1. The smallest absolute Gasteiger partial charge is 0.301 e. The summed E-state index contributed by atoms with van der Waals surface area (Å²) in [4.78, 5) is 32.7. The highest BCUT2D eigenvalue weighted by atomic mass is 32.1. The molecule has 186 valence electrons. The second-order valence-corrected chi connectivity index (χ2v) is 10.0. The predicted octanol–water partition coefficient (Wildman–Crippen LogP) is 5.39. The summed E-state index contributed by atoms with van der Waals surface area (Å²) in [6, 6.07) is 15.0. The van der Waals surface area contributed by atoms with E-state index in [1.54, 1.807) is 43.5 Å².